The van der Waals surface area contributed by atoms with Gasteiger partial charge in [0, 0.05) is 19.8 Å². The average molecular weight is 358 g/mol. The highest BCUT2D eigenvalue weighted by Gasteiger charge is 2.06. The number of amides is 1. The molecule has 0 heterocycles. The maximum absolute atomic E-state index is 11.9. The van der Waals surface area contributed by atoms with E-state index in [1.54, 1.807) is 29.2 Å². The van der Waals surface area contributed by atoms with E-state index in [4.69, 9.17) is 12.2 Å². The molecule has 0 saturated heterocycles. The van der Waals surface area contributed by atoms with Crippen LogP contribution in [0.25, 0.3) is 0 Å². The van der Waals surface area contributed by atoms with Gasteiger partial charge in [-0.05, 0) is 36.4 Å². The number of thioether (sulfide) groups is 1. The second kappa shape index (κ2) is 9.14. The summed E-state index contributed by atoms with van der Waals surface area (Å²) in [6.07, 6.45) is 0. The first kappa shape index (κ1) is 18.1. The number of azo groups is 1. The molecule has 0 aliphatic heterocycles. The van der Waals surface area contributed by atoms with Crippen molar-refractivity contribution in [1.29, 1.82) is 0 Å². The third kappa shape index (κ3) is 6.10. The van der Waals surface area contributed by atoms with E-state index in [0.717, 1.165) is 17.1 Å². The number of carbonyl (C=O) groups is 1. The molecule has 0 aromatic heterocycles. The van der Waals surface area contributed by atoms with Crippen molar-refractivity contribution >= 4 is 51.3 Å². The molecule has 0 saturated carbocycles. The van der Waals surface area contributed by atoms with Crippen LogP contribution in [0.2, 0.25) is 0 Å². The van der Waals surface area contributed by atoms with Crippen LogP contribution in [0.4, 0.5) is 17.1 Å². The van der Waals surface area contributed by atoms with Gasteiger partial charge in [0.1, 0.15) is 4.32 Å². The number of thiocarbonyl (C=S) groups is 1. The van der Waals surface area contributed by atoms with Crippen molar-refractivity contribution in [1.82, 2.24) is 4.90 Å². The number of anilines is 1. The van der Waals surface area contributed by atoms with Crippen molar-refractivity contribution in [3.63, 3.8) is 0 Å². The summed E-state index contributed by atoms with van der Waals surface area (Å²) in [6, 6.07) is 16.7. The smallest absolute Gasteiger partial charge is 0.234 e. The van der Waals surface area contributed by atoms with E-state index >= 15 is 0 Å². The third-order valence-electron chi connectivity index (χ3n) is 2.88. The summed E-state index contributed by atoms with van der Waals surface area (Å²) >= 11 is 6.47. The summed E-state index contributed by atoms with van der Waals surface area (Å²) < 4.78 is 0.682. The quantitative estimate of drug-likeness (QED) is 0.626. The highest BCUT2D eigenvalue weighted by Crippen LogP contribution is 2.20. The molecular weight excluding hydrogens is 340 g/mol. The molecule has 0 atom stereocenters. The monoisotopic (exact) mass is 358 g/mol. The zero-order valence-electron chi connectivity index (χ0n) is 13.5. The zero-order valence-corrected chi connectivity index (χ0v) is 15.1. The van der Waals surface area contributed by atoms with Gasteiger partial charge in [0.15, 0.2) is 0 Å². The number of rotatable bonds is 5. The minimum atomic E-state index is -0.0946. The molecule has 0 fully saturated rings. The highest BCUT2D eigenvalue weighted by atomic mass is 32.2. The summed E-state index contributed by atoms with van der Waals surface area (Å²) in [5, 5.41) is 11.1. The lowest BCUT2D eigenvalue weighted by Gasteiger charge is -2.12. The molecule has 0 aliphatic rings. The van der Waals surface area contributed by atoms with Crippen molar-refractivity contribution in [3.8, 4) is 0 Å². The van der Waals surface area contributed by atoms with Crippen LogP contribution in [0, 0.1) is 0 Å². The predicted octanol–water partition coefficient (Wildman–Crippen LogP) is 4.62. The standard InChI is InChI=1S/C17H18N4OS2/c1-21(2)17(23)24-12-16(22)18-13-8-10-15(11-9-13)20-19-14-6-4-3-5-7-14/h3-11H,12H2,1-2H3,(H,18,22). The summed E-state index contributed by atoms with van der Waals surface area (Å²) in [6.45, 7) is 0. The van der Waals surface area contributed by atoms with Crippen LogP contribution in [0.5, 0.6) is 0 Å². The largest absolute Gasteiger partial charge is 0.364 e. The van der Waals surface area contributed by atoms with Gasteiger partial charge in [0.2, 0.25) is 5.91 Å². The van der Waals surface area contributed by atoms with Crippen molar-refractivity contribution < 1.29 is 4.79 Å². The van der Waals surface area contributed by atoms with Crippen LogP contribution >= 0.6 is 24.0 Å². The lowest BCUT2D eigenvalue weighted by molar-refractivity contribution is -0.113. The second-order valence-electron chi connectivity index (χ2n) is 5.08. The predicted molar refractivity (Wildman–Crippen MR) is 104 cm³/mol. The van der Waals surface area contributed by atoms with Gasteiger partial charge in [-0.3, -0.25) is 4.79 Å². The molecule has 2 aromatic carbocycles. The Labute approximate surface area is 151 Å². The maximum Gasteiger partial charge on any atom is 0.234 e. The molecule has 7 heteroatoms. The van der Waals surface area contributed by atoms with Crippen LogP contribution in [0.1, 0.15) is 0 Å². The van der Waals surface area contributed by atoms with Crippen LogP contribution in [0.15, 0.2) is 64.8 Å². The van der Waals surface area contributed by atoms with Gasteiger partial charge >= 0.3 is 0 Å². The first-order valence-corrected chi connectivity index (χ1v) is 8.65. The van der Waals surface area contributed by atoms with Gasteiger partial charge < -0.3 is 10.2 Å². The van der Waals surface area contributed by atoms with E-state index in [0.29, 0.717) is 4.32 Å². The summed E-state index contributed by atoms with van der Waals surface area (Å²) in [4.78, 5) is 13.7. The molecule has 24 heavy (non-hydrogen) atoms. The van der Waals surface area contributed by atoms with Gasteiger partial charge in [-0.1, -0.05) is 42.2 Å². The molecule has 0 aliphatic carbocycles. The Bertz CT molecular complexity index is 715. The van der Waals surface area contributed by atoms with Crippen molar-refractivity contribution in [2.24, 2.45) is 10.2 Å². The van der Waals surface area contributed by atoms with E-state index < -0.39 is 0 Å². The molecule has 124 valence electrons. The topological polar surface area (TPSA) is 57.1 Å². The van der Waals surface area contributed by atoms with Crippen LogP contribution in [-0.4, -0.2) is 35.0 Å². The van der Waals surface area contributed by atoms with E-state index in [1.165, 1.54) is 11.8 Å². The molecule has 2 rings (SSSR count). The lowest BCUT2D eigenvalue weighted by atomic mass is 10.3. The summed E-state index contributed by atoms with van der Waals surface area (Å²) in [5.41, 5.74) is 2.24. The fraction of sp³-hybridized carbons (Fsp3) is 0.176. The minimum absolute atomic E-state index is 0.0946. The number of benzene rings is 2. The molecule has 5 nitrogen and oxygen atoms in total. The number of carbonyl (C=O) groups excluding carboxylic acids is 1. The Morgan fingerprint density at radius 3 is 2.21 bits per heavy atom. The Balaban J connectivity index is 1.86. The zero-order chi connectivity index (χ0) is 17.4. The normalized spacial score (nSPS) is 10.6. The van der Waals surface area contributed by atoms with Gasteiger partial charge in [0.25, 0.3) is 0 Å². The molecule has 1 N–H and O–H groups in total. The van der Waals surface area contributed by atoms with E-state index in [-0.39, 0.29) is 11.7 Å². The molecule has 2 aromatic rings. The first-order valence-electron chi connectivity index (χ1n) is 7.25. The SMILES string of the molecule is CN(C)C(=S)SCC(=O)Nc1ccc(N=Nc2ccccc2)cc1. The third-order valence-corrected chi connectivity index (χ3v) is 4.62. The molecular formula is C17H18N4OS2. The van der Waals surface area contributed by atoms with E-state index in [1.807, 2.05) is 44.4 Å². The number of hydrogen-bond acceptors (Lipinski definition) is 5. The first-order chi connectivity index (χ1) is 11.5. The summed E-state index contributed by atoms with van der Waals surface area (Å²) in [7, 11) is 3.71. The van der Waals surface area contributed by atoms with Gasteiger partial charge in [-0.2, -0.15) is 10.2 Å². The van der Waals surface area contributed by atoms with Gasteiger partial charge in [-0.25, -0.2) is 0 Å². The Morgan fingerprint density at radius 1 is 1.04 bits per heavy atom. The maximum atomic E-state index is 11.9. The number of nitrogens with one attached hydrogen (secondary N) is 1. The minimum Gasteiger partial charge on any atom is -0.364 e. The van der Waals surface area contributed by atoms with E-state index in [2.05, 4.69) is 15.5 Å². The van der Waals surface area contributed by atoms with Crippen LogP contribution in [-0.2, 0) is 4.79 Å². The van der Waals surface area contributed by atoms with Gasteiger partial charge in [0.05, 0.1) is 17.1 Å². The Hall–Kier alpha value is -2.25. The fourth-order valence-corrected chi connectivity index (χ4v) is 2.44. The fourth-order valence-electron chi connectivity index (χ4n) is 1.68. The number of hydrogen-bond donors (Lipinski definition) is 1. The van der Waals surface area contributed by atoms with Crippen LogP contribution in [0.3, 0.4) is 0 Å². The molecule has 0 bridgehead atoms. The van der Waals surface area contributed by atoms with Crippen molar-refractivity contribution in [2.75, 3.05) is 25.2 Å². The molecule has 0 radical (unpaired) electrons. The van der Waals surface area contributed by atoms with Crippen LogP contribution < -0.4 is 5.32 Å². The van der Waals surface area contributed by atoms with E-state index in [9.17, 15) is 4.79 Å². The lowest BCUT2D eigenvalue weighted by Crippen LogP contribution is -2.20. The number of nitrogens with zero attached hydrogens (tertiary/aromatic N) is 3. The molecule has 0 unspecified atom stereocenters. The second-order valence-corrected chi connectivity index (χ2v) is 6.69. The average Bonchev–Trinajstić information content (AvgIpc) is 2.60. The molecule has 1 amide bonds. The van der Waals surface area contributed by atoms with Crippen molar-refractivity contribution in [2.45, 2.75) is 0 Å². The Kier molecular flexibility index (Phi) is 6.89. The van der Waals surface area contributed by atoms with Crippen molar-refractivity contribution in [3.05, 3.63) is 54.6 Å². The molecule has 0 spiro atoms. The summed E-state index contributed by atoms with van der Waals surface area (Å²) in [5.74, 6) is 0.190. The Morgan fingerprint density at radius 2 is 1.62 bits per heavy atom. The highest BCUT2D eigenvalue weighted by molar-refractivity contribution is 8.23. The van der Waals surface area contributed by atoms with Gasteiger partial charge in [-0.15, -0.1) is 0 Å².